The molecule has 2 fully saturated rings. The fourth-order valence-electron chi connectivity index (χ4n) is 3.87. The number of nitrogens with zero attached hydrogens (tertiary/aromatic N) is 3. The van der Waals surface area contributed by atoms with E-state index in [4.69, 9.17) is 4.42 Å². The second kappa shape index (κ2) is 8.13. The van der Waals surface area contributed by atoms with Crippen LogP contribution in [0, 0.1) is 5.92 Å². The molecule has 2 aromatic rings. The number of piperidine rings is 1. The van der Waals surface area contributed by atoms with Crippen molar-refractivity contribution in [2.75, 3.05) is 45.8 Å². The van der Waals surface area contributed by atoms with Crippen molar-refractivity contribution in [1.29, 1.82) is 0 Å². The molecule has 1 aromatic heterocycles. The number of hydrogen-bond acceptors (Lipinski definition) is 5. The van der Waals surface area contributed by atoms with Crippen LogP contribution in [-0.4, -0.2) is 60.6 Å². The molecule has 2 saturated heterocycles. The Kier molecular flexibility index (Phi) is 5.45. The summed E-state index contributed by atoms with van der Waals surface area (Å²) in [5, 5.41) is 3.46. The molecule has 1 aromatic carbocycles. The first kappa shape index (κ1) is 16.8. The molecule has 0 unspecified atom stereocenters. The minimum Gasteiger partial charge on any atom is -0.439 e. The van der Waals surface area contributed by atoms with Crippen molar-refractivity contribution in [2.45, 2.75) is 19.4 Å². The summed E-state index contributed by atoms with van der Waals surface area (Å²) < 4.78 is 5.95. The number of rotatable bonds is 5. The van der Waals surface area contributed by atoms with Gasteiger partial charge in [-0.1, -0.05) is 30.3 Å². The van der Waals surface area contributed by atoms with Gasteiger partial charge >= 0.3 is 0 Å². The summed E-state index contributed by atoms with van der Waals surface area (Å²) in [6.07, 6.45) is 4.51. The monoisotopic (exact) mass is 340 g/mol. The Balaban J connectivity index is 1.25. The number of hydrogen-bond donors (Lipinski definition) is 1. The van der Waals surface area contributed by atoms with E-state index in [0.717, 1.165) is 55.9 Å². The maximum atomic E-state index is 5.95. The molecule has 25 heavy (non-hydrogen) atoms. The largest absolute Gasteiger partial charge is 0.439 e. The van der Waals surface area contributed by atoms with Gasteiger partial charge in [0.2, 0.25) is 5.89 Å². The van der Waals surface area contributed by atoms with Gasteiger partial charge in [0.15, 0.2) is 5.76 Å². The highest BCUT2D eigenvalue weighted by Gasteiger charge is 2.22. The van der Waals surface area contributed by atoms with E-state index in [2.05, 4.69) is 32.2 Å². The van der Waals surface area contributed by atoms with Crippen molar-refractivity contribution >= 4 is 0 Å². The van der Waals surface area contributed by atoms with Crippen LogP contribution in [0.15, 0.2) is 40.9 Å². The predicted molar refractivity (Wildman–Crippen MR) is 99.2 cm³/mol. The third-order valence-corrected chi connectivity index (χ3v) is 5.41. The van der Waals surface area contributed by atoms with Crippen molar-refractivity contribution < 1.29 is 4.42 Å². The van der Waals surface area contributed by atoms with Crippen molar-refractivity contribution in [3.63, 3.8) is 0 Å². The Bertz CT molecular complexity index is 643. The van der Waals surface area contributed by atoms with Gasteiger partial charge in [-0.05, 0) is 31.8 Å². The normalized spacial score (nSPS) is 20.8. The standard InChI is InChI=1S/C20H28N4O/c1-2-4-18(5-3-1)19-14-22-20(25-19)16-24-12-10-23(11-13-24)15-17-6-8-21-9-7-17/h1-5,14,17,21H,6-13,15-16H2. The third kappa shape index (κ3) is 4.48. The van der Waals surface area contributed by atoms with E-state index in [0.29, 0.717) is 0 Å². The molecule has 0 bridgehead atoms. The lowest BCUT2D eigenvalue weighted by Crippen LogP contribution is -2.48. The highest BCUT2D eigenvalue weighted by atomic mass is 16.4. The summed E-state index contributed by atoms with van der Waals surface area (Å²) in [5.74, 6) is 2.57. The average Bonchev–Trinajstić information content (AvgIpc) is 3.14. The van der Waals surface area contributed by atoms with Crippen LogP contribution >= 0.6 is 0 Å². The molecule has 5 nitrogen and oxygen atoms in total. The summed E-state index contributed by atoms with van der Waals surface area (Å²) in [5.41, 5.74) is 1.09. The van der Waals surface area contributed by atoms with Gasteiger partial charge in [0.1, 0.15) is 0 Å². The van der Waals surface area contributed by atoms with Crippen LogP contribution in [0.1, 0.15) is 18.7 Å². The van der Waals surface area contributed by atoms with Gasteiger partial charge in [0.25, 0.3) is 0 Å². The summed E-state index contributed by atoms with van der Waals surface area (Å²) >= 11 is 0. The van der Waals surface area contributed by atoms with Crippen LogP contribution in [0.3, 0.4) is 0 Å². The molecule has 134 valence electrons. The van der Waals surface area contributed by atoms with Crippen LogP contribution in [0.4, 0.5) is 0 Å². The van der Waals surface area contributed by atoms with Gasteiger partial charge in [-0.15, -0.1) is 0 Å². The van der Waals surface area contributed by atoms with E-state index < -0.39 is 0 Å². The molecule has 0 spiro atoms. The van der Waals surface area contributed by atoms with E-state index in [1.54, 1.807) is 0 Å². The van der Waals surface area contributed by atoms with Gasteiger partial charge in [0.05, 0.1) is 12.7 Å². The summed E-state index contributed by atoms with van der Waals surface area (Å²) in [7, 11) is 0. The van der Waals surface area contributed by atoms with Crippen LogP contribution in [0.2, 0.25) is 0 Å². The number of benzene rings is 1. The minimum atomic E-state index is 0.814. The SMILES string of the molecule is c1ccc(-c2cnc(CN3CCN(CC4CCNCC4)CC3)o2)cc1. The lowest BCUT2D eigenvalue weighted by atomic mass is 9.97. The second-order valence-corrected chi connectivity index (χ2v) is 7.25. The van der Waals surface area contributed by atoms with Gasteiger partial charge < -0.3 is 14.6 Å². The third-order valence-electron chi connectivity index (χ3n) is 5.41. The molecule has 0 amide bonds. The zero-order valence-corrected chi connectivity index (χ0v) is 14.9. The number of aromatic nitrogens is 1. The second-order valence-electron chi connectivity index (χ2n) is 7.25. The predicted octanol–water partition coefficient (Wildman–Crippen LogP) is 2.46. The van der Waals surface area contributed by atoms with E-state index in [9.17, 15) is 0 Å². The Morgan fingerprint density at radius 3 is 2.48 bits per heavy atom. The minimum absolute atomic E-state index is 0.814. The Hall–Kier alpha value is -1.69. The maximum Gasteiger partial charge on any atom is 0.209 e. The molecule has 1 N–H and O–H groups in total. The Morgan fingerprint density at radius 1 is 1.00 bits per heavy atom. The molecular formula is C20H28N4O. The first-order valence-electron chi connectivity index (χ1n) is 9.52. The summed E-state index contributed by atoms with van der Waals surface area (Å²) in [4.78, 5) is 9.56. The molecule has 0 saturated carbocycles. The highest BCUT2D eigenvalue weighted by molar-refractivity contribution is 5.55. The summed E-state index contributed by atoms with van der Waals surface area (Å²) in [6, 6.07) is 10.2. The Labute approximate surface area is 150 Å². The van der Waals surface area contributed by atoms with Crippen molar-refractivity contribution in [3.8, 4) is 11.3 Å². The molecule has 4 rings (SSSR count). The number of oxazole rings is 1. The van der Waals surface area contributed by atoms with Gasteiger partial charge in [0, 0.05) is 38.3 Å². The average molecular weight is 340 g/mol. The van der Waals surface area contributed by atoms with E-state index >= 15 is 0 Å². The van der Waals surface area contributed by atoms with E-state index in [-0.39, 0.29) is 0 Å². The van der Waals surface area contributed by atoms with Crippen LogP contribution in [-0.2, 0) is 6.54 Å². The molecule has 2 aliphatic rings. The zero-order chi connectivity index (χ0) is 16.9. The van der Waals surface area contributed by atoms with Gasteiger partial charge in [-0.2, -0.15) is 0 Å². The molecule has 2 aliphatic heterocycles. The lowest BCUT2D eigenvalue weighted by molar-refractivity contribution is 0.101. The molecule has 3 heterocycles. The molecule has 0 radical (unpaired) electrons. The van der Waals surface area contributed by atoms with Gasteiger partial charge in [-0.3, -0.25) is 4.90 Å². The van der Waals surface area contributed by atoms with Gasteiger partial charge in [-0.25, -0.2) is 4.98 Å². The Morgan fingerprint density at radius 2 is 1.72 bits per heavy atom. The lowest BCUT2D eigenvalue weighted by Gasteiger charge is -2.36. The van der Waals surface area contributed by atoms with Crippen LogP contribution in [0.25, 0.3) is 11.3 Å². The van der Waals surface area contributed by atoms with E-state index in [1.807, 2.05) is 24.4 Å². The fraction of sp³-hybridized carbons (Fsp3) is 0.550. The zero-order valence-electron chi connectivity index (χ0n) is 14.9. The molecule has 0 aliphatic carbocycles. The first-order chi connectivity index (χ1) is 12.4. The molecule has 0 atom stereocenters. The van der Waals surface area contributed by atoms with Crippen molar-refractivity contribution in [2.24, 2.45) is 5.92 Å². The van der Waals surface area contributed by atoms with Crippen LogP contribution in [0.5, 0.6) is 0 Å². The first-order valence-corrected chi connectivity index (χ1v) is 9.52. The van der Waals surface area contributed by atoms with E-state index in [1.165, 1.54) is 32.5 Å². The maximum absolute atomic E-state index is 5.95. The molecular weight excluding hydrogens is 312 g/mol. The van der Waals surface area contributed by atoms with Crippen molar-refractivity contribution in [3.05, 3.63) is 42.4 Å². The van der Waals surface area contributed by atoms with Crippen molar-refractivity contribution in [1.82, 2.24) is 20.1 Å². The smallest absolute Gasteiger partial charge is 0.209 e. The number of nitrogens with one attached hydrogen (secondary N) is 1. The number of piperazine rings is 1. The summed E-state index contributed by atoms with van der Waals surface area (Å²) in [6.45, 7) is 9.01. The fourth-order valence-corrected chi connectivity index (χ4v) is 3.87. The van der Waals surface area contributed by atoms with Crippen LogP contribution < -0.4 is 5.32 Å². The highest BCUT2D eigenvalue weighted by Crippen LogP contribution is 2.21. The quantitative estimate of drug-likeness (QED) is 0.906. The topological polar surface area (TPSA) is 44.5 Å². The molecule has 5 heteroatoms.